The van der Waals surface area contributed by atoms with Crippen molar-refractivity contribution in [1.82, 2.24) is 5.32 Å². The summed E-state index contributed by atoms with van der Waals surface area (Å²) in [7, 11) is 0. The van der Waals surface area contributed by atoms with E-state index in [1.807, 2.05) is 0 Å². The number of carboxylic acid groups (broad SMARTS) is 1. The fourth-order valence-corrected chi connectivity index (χ4v) is 1.71. The summed E-state index contributed by atoms with van der Waals surface area (Å²) in [6, 6.07) is 2.92. The number of nitrogens with zero attached hydrogens (tertiary/aromatic N) is 2. The van der Waals surface area contributed by atoms with Crippen molar-refractivity contribution in [2.75, 3.05) is 6.26 Å². The summed E-state index contributed by atoms with van der Waals surface area (Å²) in [5.74, 6) is -1.09. The molecule has 5 nitrogen and oxygen atoms in total. The molecule has 1 rings (SSSR count). The first kappa shape index (κ1) is 14.4. The van der Waals surface area contributed by atoms with Crippen LogP contribution in [0, 0.1) is 18.4 Å². The molecule has 18 heavy (non-hydrogen) atoms. The molecule has 0 aromatic heterocycles. The predicted octanol–water partition coefficient (Wildman–Crippen LogP) is 2.77. The Kier molecular flexibility index (Phi) is 5.01. The maximum Gasteiger partial charge on any atom is 0.337 e. The molecule has 1 aromatic carbocycles. The van der Waals surface area contributed by atoms with Crippen molar-refractivity contribution < 1.29 is 9.90 Å². The van der Waals surface area contributed by atoms with Crippen LogP contribution < -0.4 is 5.32 Å². The SMILES string of the molecule is CSC(=Nc1cc(Cl)c(C)cc1C(=O)O)NC#N. The fraction of sp³-hybridized carbons (Fsp3) is 0.182. The highest BCUT2D eigenvalue weighted by Gasteiger charge is 2.13. The van der Waals surface area contributed by atoms with Crippen LogP contribution >= 0.6 is 23.4 Å². The molecule has 7 heteroatoms. The average molecular weight is 284 g/mol. The molecule has 0 heterocycles. The van der Waals surface area contributed by atoms with E-state index in [0.717, 1.165) is 0 Å². The number of nitrogens with one attached hydrogen (secondary N) is 1. The van der Waals surface area contributed by atoms with E-state index in [9.17, 15) is 4.79 Å². The Morgan fingerprint density at radius 3 is 2.78 bits per heavy atom. The molecule has 0 aliphatic heterocycles. The molecule has 0 amide bonds. The Balaban J connectivity index is 3.35. The lowest BCUT2D eigenvalue weighted by atomic mass is 10.1. The van der Waals surface area contributed by atoms with Crippen molar-refractivity contribution in [3.63, 3.8) is 0 Å². The predicted molar refractivity (Wildman–Crippen MR) is 72.5 cm³/mol. The number of hydrogen-bond donors (Lipinski definition) is 2. The van der Waals surface area contributed by atoms with Crippen LogP contribution in [-0.2, 0) is 0 Å². The summed E-state index contributed by atoms with van der Waals surface area (Å²) in [6.07, 6.45) is 3.45. The minimum Gasteiger partial charge on any atom is -0.478 e. The summed E-state index contributed by atoms with van der Waals surface area (Å²) in [5, 5.41) is 20.7. The molecule has 0 unspecified atom stereocenters. The van der Waals surface area contributed by atoms with Gasteiger partial charge in [-0.05, 0) is 30.9 Å². The van der Waals surface area contributed by atoms with Crippen LogP contribution in [0.25, 0.3) is 0 Å². The average Bonchev–Trinajstić information content (AvgIpc) is 2.32. The second-order valence-electron chi connectivity index (χ2n) is 3.28. The molecule has 94 valence electrons. The number of aromatic carboxylic acids is 1. The summed E-state index contributed by atoms with van der Waals surface area (Å²) in [5.41, 5.74) is 0.917. The van der Waals surface area contributed by atoms with E-state index in [-0.39, 0.29) is 11.3 Å². The lowest BCUT2D eigenvalue weighted by Gasteiger charge is -2.06. The highest BCUT2D eigenvalue weighted by Crippen LogP contribution is 2.28. The van der Waals surface area contributed by atoms with Crippen LogP contribution in [0.2, 0.25) is 5.02 Å². The molecule has 0 aliphatic rings. The van der Waals surface area contributed by atoms with Crippen molar-refractivity contribution in [3.8, 4) is 6.19 Å². The van der Waals surface area contributed by atoms with E-state index in [4.69, 9.17) is 22.0 Å². The van der Waals surface area contributed by atoms with Crippen molar-refractivity contribution in [1.29, 1.82) is 5.26 Å². The summed E-state index contributed by atoms with van der Waals surface area (Å²) >= 11 is 7.14. The summed E-state index contributed by atoms with van der Waals surface area (Å²) in [6.45, 7) is 1.71. The maximum atomic E-state index is 11.1. The van der Waals surface area contributed by atoms with Crippen LogP contribution in [0.3, 0.4) is 0 Å². The van der Waals surface area contributed by atoms with Gasteiger partial charge in [0.1, 0.15) is 0 Å². The number of nitriles is 1. The Bertz CT molecular complexity index is 552. The minimum atomic E-state index is -1.09. The van der Waals surface area contributed by atoms with Gasteiger partial charge in [0.25, 0.3) is 0 Å². The van der Waals surface area contributed by atoms with E-state index < -0.39 is 5.97 Å². The number of hydrogen-bond acceptors (Lipinski definition) is 4. The quantitative estimate of drug-likeness (QED) is 0.377. The first-order valence-corrected chi connectivity index (χ1v) is 6.41. The molecule has 1 aromatic rings. The first-order valence-electron chi connectivity index (χ1n) is 4.80. The van der Waals surface area contributed by atoms with Gasteiger partial charge in [0.15, 0.2) is 11.4 Å². The zero-order valence-electron chi connectivity index (χ0n) is 9.69. The van der Waals surface area contributed by atoms with E-state index in [1.54, 1.807) is 19.4 Å². The van der Waals surface area contributed by atoms with Gasteiger partial charge >= 0.3 is 5.97 Å². The number of aryl methyl sites for hydroxylation is 1. The molecule has 0 radical (unpaired) electrons. The van der Waals surface area contributed by atoms with Gasteiger partial charge in [0.2, 0.25) is 0 Å². The third-order valence-corrected chi connectivity index (χ3v) is 3.07. The van der Waals surface area contributed by atoms with Crippen molar-refractivity contribution in [2.24, 2.45) is 4.99 Å². The number of amidine groups is 1. The Labute approximate surface area is 113 Å². The molecule has 0 bridgehead atoms. The van der Waals surface area contributed by atoms with Crippen molar-refractivity contribution >= 4 is 40.2 Å². The Hall–Kier alpha value is -1.71. The molecule has 0 saturated carbocycles. The normalized spacial score (nSPS) is 10.9. The number of thioether (sulfide) groups is 1. The van der Waals surface area contributed by atoms with Gasteiger partial charge in [0.05, 0.1) is 11.3 Å². The van der Waals surface area contributed by atoms with Crippen LogP contribution in [0.1, 0.15) is 15.9 Å². The summed E-state index contributed by atoms with van der Waals surface area (Å²) < 4.78 is 0. The second kappa shape index (κ2) is 6.28. The smallest absolute Gasteiger partial charge is 0.337 e. The molecule has 0 saturated heterocycles. The first-order chi connectivity index (χ1) is 8.49. The van der Waals surface area contributed by atoms with Crippen LogP contribution in [-0.4, -0.2) is 22.5 Å². The van der Waals surface area contributed by atoms with Crippen LogP contribution in [0.5, 0.6) is 0 Å². The topological polar surface area (TPSA) is 85.5 Å². The number of benzene rings is 1. The molecular weight excluding hydrogens is 274 g/mol. The third kappa shape index (κ3) is 3.39. The maximum absolute atomic E-state index is 11.1. The molecule has 0 spiro atoms. The number of aliphatic imine (C=N–C) groups is 1. The van der Waals surface area contributed by atoms with E-state index in [2.05, 4.69) is 10.3 Å². The number of halogens is 1. The Morgan fingerprint density at radius 2 is 2.28 bits per heavy atom. The van der Waals surface area contributed by atoms with Crippen LogP contribution in [0.15, 0.2) is 17.1 Å². The van der Waals surface area contributed by atoms with Crippen LogP contribution in [0.4, 0.5) is 5.69 Å². The van der Waals surface area contributed by atoms with E-state index in [1.165, 1.54) is 23.9 Å². The van der Waals surface area contributed by atoms with Crippen molar-refractivity contribution in [2.45, 2.75) is 6.92 Å². The van der Waals surface area contributed by atoms with Gasteiger partial charge < -0.3 is 5.11 Å². The Morgan fingerprint density at radius 1 is 1.61 bits per heavy atom. The second-order valence-corrected chi connectivity index (χ2v) is 4.48. The standard InChI is InChI=1S/C11H10ClN3O2S/c1-6-3-7(10(16)17)9(4-8(6)12)15-11(18-2)14-5-13/h3-4H,1-2H3,(H,14,15)(H,16,17). The van der Waals surface area contributed by atoms with Gasteiger partial charge in [-0.15, -0.1) is 0 Å². The van der Waals surface area contributed by atoms with Gasteiger partial charge in [-0.25, -0.2) is 9.79 Å². The van der Waals surface area contributed by atoms with Gasteiger partial charge in [-0.3, -0.25) is 5.32 Å². The minimum absolute atomic E-state index is 0.0446. The lowest BCUT2D eigenvalue weighted by molar-refractivity contribution is 0.0698. The fourth-order valence-electron chi connectivity index (χ4n) is 1.22. The van der Waals surface area contributed by atoms with Crippen molar-refractivity contribution in [3.05, 3.63) is 28.3 Å². The zero-order chi connectivity index (χ0) is 13.7. The number of rotatable bonds is 2. The molecule has 0 fully saturated rings. The van der Waals surface area contributed by atoms with Gasteiger partial charge in [0, 0.05) is 5.02 Å². The lowest BCUT2D eigenvalue weighted by Crippen LogP contribution is -2.13. The zero-order valence-corrected chi connectivity index (χ0v) is 11.3. The van der Waals surface area contributed by atoms with Gasteiger partial charge in [-0.1, -0.05) is 23.4 Å². The van der Waals surface area contributed by atoms with E-state index in [0.29, 0.717) is 15.8 Å². The number of carboxylic acids is 1. The number of carbonyl (C=O) groups is 1. The molecular formula is C11H10ClN3O2S. The third-order valence-electron chi connectivity index (χ3n) is 2.09. The highest BCUT2D eigenvalue weighted by molar-refractivity contribution is 8.13. The summed E-state index contributed by atoms with van der Waals surface area (Å²) in [4.78, 5) is 15.2. The molecule has 0 aliphatic carbocycles. The molecule has 0 atom stereocenters. The largest absolute Gasteiger partial charge is 0.478 e. The van der Waals surface area contributed by atoms with Gasteiger partial charge in [-0.2, -0.15) is 5.26 Å². The van der Waals surface area contributed by atoms with E-state index >= 15 is 0 Å². The monoisotopic (exact) mass is 283 g/mol. The molecule has 2 N–H and O–H groups in total. The highest BCUT2D eigenvalue weighted by atomic mass is 35.5.